The fourth-order valence-corrected chi connectivity index (χ4v) is 5.48. The maximum atomic E-state index is 11.7. The van der Waals surface area contributed by atoms with Crippen molar-refractivity contribution in [3.05, 3.63) is 116 Å². The van der Waals surface area contributed by atoms with Gasteiger partial charge in [0.2, 0.25) is 0 Å². The molecule has 0 aliphatic rings. The van der Waals surface area contributed by atoms with Crippen LogP contribution in [0.25, 0.3) is 16.7 Å². The lowest BCUT2D eigenvalue weighted by Gasteiger charge is -2.32. The van der Waals surface area contributed by atoms with Gasteiger partial charge in [0.15, 0.2) is 0 Å². The summed E-state index contributed by atoms with van der Waals surface area (Å²) in [7, 11) is 0. The molecule has 0 amide bonds. The highest BCUT2D eigenvalue weighted by Gasteiger charge is 2.32. The minimum absolute atomic E-state index is 0.170. The van der Waals surface area contributed by atoms with Gasteiger partial charge in [-0.05, 0) is 66.7 Å². The number of phenols is 1. The predicted molar refractivity (Wildman–Crippen MR) is 153 cm³/mol. The van der Waals surface area contributed by atoms with Gasteiger partial charge in [-0.2, -0.15) is 0 Å². The first-order valence-corrected chi connectivity index (χ1v) is 13.4. The van der Waals surface area contributed by atoms with E-state index in [0.29, 0.717) is 5.69 Å². The molecule has 0 bridgehead atoms. The van der Waals surface area contributed by atoms with E-state index < -0.39 is 5.41 Å². The molecular formula is C30H27Br2N3O. The van der Waals surface area contributed by atoms with Crippen LogP contribution in [-0.2, 0) is 10.8 Å². The second kappa shape index (κ2) is 9.16. The Kier molecular flexibility index (Phi) is 6.29. The van der Waals surface area contributed by atoms with E-state index in [2.05, 4.69) is 102 Å². The molecule has 1 aromatic heterocycles. The molecular weight excluding hydrogens is 578 g/mol. The number of aromatic nitrogens is 3. The summed E-state index contributed by atoms with van der Waals surface area (Å²) in [6, 6.07) is 28.7. The number of hydrogen-bond donors (Lipinski definition) is 1. The molecule has 182 valence electrons. The van der Waals surface area contributed by atoms with Crippen LogP contribution in [0.4, 0.5) is 0 Å². The molecule has 36 heavy (non-hydrogen) atoms. The monoisotopic (exact) mass is 603 g/mol. The summed E-state index contributed by atoms with van der Waals surface area (Å²) >= 11 is 7.18. The quantitative estimate of drug-likeness (QED) is 0.219. The first-order chi connectivity index (χ1) is 17.1. The fraction of sp³-hybridized carbons (Fsp3) is 0.200. The molecule has 0 unspecified atom stereocenters. The van der Waals surface area contributed by atoms with Crippen molar-refractivity contribution in [2.24, 2.45) is 0 Å². The molecule has 4 aromatic carbocycles. The summed E-state index contributed by atoms with van der Waals surface area (Å²) < 4.78 is 1.69. The Bertz CT molecular complexity index is 1520. The van der Waals surface area contributed by atoms with E-state index in [1.807, 2.05) is 42.5 Å². The minimum atomic E-state index is -0.462. The number of nitrogens with zero attached hydrogens (tertiary/aromatic N) is 3. The molecule has 1 heterocycles. The van der Waals surface area contributed by atoms with Gasteiger partial charge in [-0.1, -0.05) is 94.4 Å². The van der Waals surface area contributed by atoms with Gasteiger partial charge in [-0.3, -0.25) is 0 Å². The number of benzene rings is 4. The van der Waals surface area contributed by atoms with Crippen LogP contribution in [0.15, 0.2) is 93.9 Å². The summed E-state index contributed by atoms with van der Waals surface area (Å²) in [4.78, 5) is 1.55. The van der Waals surface area contributed by atoms with E-state index in [1.54, 1.807) is 4.80 Å². The second-order valence-electron chi connectivity index (χ2n) is 10.1. The molecule has 0 atom stereocenters. The number of fused-ring (bicyclic) bond motifs is 1. The molecule has 0 saturated carbocycles. The van der Waals surface area contributed by atoms with Crippen molar-refractivity contribution in [1.82, 2.24) is 15.0 Å². The zero-order valence-electron chi connectivity index (χ0n) is 20.6. The van der Waals surface area contributed by atoms with Crippen LogP contribution in [0.3, 0.4) is 0 Å². The van der Waals surface area contributed by atoms with Crippen molar-refractivity contribution >= 4 is 42.9 Å². The van der Waals surface area contributed by atoms with Gasteiger partial charge >= 0.3 is 0 Å². The highest BCUT2D eigenvalue weighted by molar-refractivity contribution is 9.11. The molecule has 6 heteroatoms. The van der Waals surface area contributed by atoms with Gasteiger partial charge in [0.1, 0.15) is 22.5 Å². The summed E-state index contributed by atoms with van der Waals surface area (Å²) in [5, 5.41) is 21.3. The molecule has 5 rings (SSSR count). The molecule has 0 saturated heterocycles. The van der Waals surface area contributed by atoms with E-state index in [0.717, 1.165) is 36.7 Å². The molecule has 0 radical (unpaired) electrons. The number of hydrogen-bond acceptors (Lipinski definition) is 3. The third-order valence-electron chi connectivity index (χ3n) is 7.13. The number of phenolic OH excluding ortho intramolecular Hbond substituents is 1. The third-order valence-corrected chi connectivity index (χ3v) is 8.41. The molecule has 5 aromatic rings. The van der Waals surface area contributed by atoms with Gasteiger partial charge in [0.25, 0.3) is 0 Å². The Morgan fingerprint density at radius 3 is 1.61 bits per heavy atom. The number of rotatable bonds is 5. The van der Waals surface area contributed by atoms with Crippen LogP contribution in [-0.4, -0.2) is 20.1 Å². The third kappa shape index (κ3) is 4.16. The topological polar surface area (TPSA) is 50.9 Å². The van der Waals surface area contributed by atoms with E-state index >= 15 is 0 Å². The van der Waals surface area contributed by atoms with Crippen LogP contribution in [0, 0.1) is 0 Å². The average Bonchev–Trinajstić information content (AvgIpc) is 3.34. The van der Waals surface area contributed by atoms with Gasteiger partial charge in [0.05, 0.1) is 0 Å². The molecule has 1 N–H and O–H groups in total. The lowest BCUT2D eigenvalue weighted by Crippen LogP contribution is -2.24. The summed E-state index contributed by atoms with van der Waals surface area (Å²) in [6.45, 7) is 8.69. The molecule has 4 nitrogen and oxygen atoms in total. The largest absolute Gasteiger partial charge is 0.505 e. The molecule has 0 aliphatic carbocycles. The SMILES string of the molecule is CC(C)(c1ccccc1)c1cc(-n2nc3c(Br)ccc(Br)c3n2)c(O)c(C(C)(C)c2ccccc2)c1. The fourth-order valence-electron chi connectivity index (χ4n) is 4.68. The van der Waals surface area contributed by atoms with Crippen molar-refractivity contribution in [2.45, 2.75) is 38.5 Å². The predicted octanol–water partition coefficient (Wildman–Crippen LogP) is 8.30. The van der Waals surface area contributed by atoms with Crippen molar-refractivity contribution in [3.63, 3.8) is 0 Å². The highest BCUT2D eigenvalue weighted by atomic mass is 79.9. The van der Waals surface area contributed by atoms with Crippen LogP contribution in [0.5, 0.6) is 5.75 Å². The van der Waals surface area contributed by atoms with Crippen LogP contribution in [0.2, 0.25) is 0 Å². The van der Waals surface area contributed by atoms with Crippen molar-refractivity contribution in [1.29, 1.82) is 0 Å². The zero-order chi connectivity index (χ0) is 25.7. The van der Waals surface area contributed by atoms with Gasteiger partial charge in [-0.25, -0.2) is 0 Å². The van der Waals surface area contributed by atoms with Crippen LogP contribution < -0.4 is 0 Å². The van der Waals surface area contributed by atoms with Crippen LogP contribution >= 0.6 is 31.9 Å². The summed E-state index contributed by atoms with van der Waals surface area (Å²) in [6.07, 6.45) is 0. The molecule has 0 aliphatic heterocycles. The smallest absolute Gasteiger partial charge is 0.147 e. The van der Waals surface area contributed by atoms with Crippen LogP contribution in [0.1, 0.15) is 49.9 Å². The standard InChI is InChI=1S/C30H27Br2N3O/c1-29(2,19-11-7-5-8-12-19)21-17-22(30(3,4)20-13-9-6-10-14-20)28(36)25(18-21)35-33-26-23(31)15-16-24(32)27(26)34-35/h5-18,36H,1-4H3. The van der Waals surface area contributed by atoms with Gasteiger partial charge < -0.3 is 5.11 Å². The highest BCUT2D eigenvalue weighted by Crippen LogP contribution is 2.44. The van der Waals surface area contributed by atoms with Crippen molar-refractivity contribution < 1.29 is 5.11 Å². The van der Waals surface area contributed by atoms with E-state index in [4.69, 9.17) is 10.2 Å². The van der Waals surface area contributed by atoms with Gasteiger partial charge in [0, 0.05) is 25.3 Å². The van der Waals surface area contributed by atoms with Crippen molar-refractivity contribution in [3.8, 4) is 11.4 Å². The zero-order valence-corrected chi connectivity index (χ0v) is 23.8. The van der Waals surface area contributed by atoms with E-state index in [-0.39, 0.29) is 11.2 Å². The Hall–Kier alpha value is -2.96. The summed E-state index contributed by atoms with van der Waals surface area (Å²) in [5.74, 6) is 0.170. The number of aromatic hydroxyl groups is 1. The second-order valence-corrected chi connectivity index (χ2v) is 11.8. The Balaban J connectivity index is 1.80. The lowest BCUT2D eigenvalue weighted by atomic mass is 9.72. The Labute approximate surface area is 228 Å². The molecule has 0 fully saturated rings. The minimum Gasteiger partial charge on any atom is -0.505 e. The van der Waals surface area contributed by atoms with E-state index in [9.17, 15) is 5.11 Å². The first-order valence-electron chi connectivity index (χ1n) is 11.8. The van der Waals surface area contributed by atoms with Crippen molar-refractivity contribution in [2.75, 3.05) is 0 Å². The Morgan fingerprint density at radius 1 is 0.639 bits per heavy atom. The normalized spacial score (nSPS) is 12.3. The lowest BCUT2D eigenvalue weighted by molar-refractivity contribution is 0.445. The van der Waals surface area contributed by atoms with Gasteiger partial charge in [-0.15, -0.1) is 15.0 Å². The van der Waals surface area contributed by atoms with E-state index in [1.165, 1.54) is 5.56 Å². The summed E-state index contributed by atoms with van der Waals surface area (Å²) in [5.41, 5.74) is 5.41. The Morgan fingerprint density at radius 2 is 1.11 bits per heavy atom. The number of halogens is 2. The first kappa shape index (κ1) is 24.7. The maximum absolute atomic E-state index is 11.7. The average molecular weight is 605 g/mol. The molecule has 0 spiro atoms. The maximum Gasteiger partial charge on any atom is 0.147 e.